The molecule has 0 spiro atoms. The van der Waals surface area contributed by atoms with Gasteiger partial charge in [0.15, 0.2) is 0 Å². The highest BCUT2D eigenvalue weighted by atomic mass is 16.5. The molecule has 2 N–H and O–H groups in total. The summed E-state index contributed by atoms with van der Waals surface area (Å²) in [4.78, 5) is 12.3. The Bertz CT molecular complexity index is 484. The van der Waals surface area contributed by atoms with E-state index < -0.39 is 6.04 Å². The SMILES string of the molecule is CCOC(=O)C(NC1CCCC1)c1cc(C)c(O)c(C)c1. The second-order valence-corrected chi connectivity index (χ2v) is 5.84. The number of carbonyl (C=O) groups excluding carboxylic acids is 1. The molecule has 1 atom stereocenters. The van der Waals surface area contributed by atoms with Gasteiger partial charge >= 0.3 is 5.97 Å². The van der Waals surface area contributed by atoms with Crippen LogP contribution in [-0.4, -0.2) is 23.7 Å². The van der Waals surface area contributed by atoms with Gasteiger partial charge in [0.05, 0.1) is 6.61 Å². The molecule has 1 aliphatic carbocycles. The van der Waals surface area contributed by atoms with E-state index in [-0.39, 0.29) is 5.97 Å². The third-order valence-electron chi connectivity index (χ3n) is 4.13. The van der Waals surface area contributed by atoms with Crippen LogP contribution in [0.1, 0.15) is 55.3 Å². The smallest absolute Gasteiger partial charge is 0.327 e. The van der Waals surface area contributed by atoms with Crippen molar-refractivity contribution in [3.05, 3.63) is 28.8 Å². The van der Waals surface area contributed by atoms with Gasteiger partial charge in [-0.25, -0.2) is 4.79 Å². The molecule has 1 fully saturated rings. The van der Waals surface area contributed by atoms with E-state index in [4.69, 9.17) is 4.74 Å². The number of nitrogens with one attached hydrogen (secondary N) is 1. The van der Waals surface area contributed by atoms with E-state index in [2.05, 4.69) is 5.32 Å². The van der Waals surface area contributed by atoms with E-state index in [1.54, 1.807) is 0 Å². The van der Waals surface area contributed by atoms with E-state index in [9.17, 15) is 9.90 Å². The third-order valence-corrected chi connectivity index (χ3v) is 4.13. The van der Waals surface area contributed by atoms with Crippen LogP contribution < -0.4 is 5.32 Å². The topological polar surface area (TPSA) is 58.6 Å². The number of hydrogen-bond donors (Lipinski definition) is 2. The van der Waals surface area contributed by atoms with Gasteiger partial charge in [-0.15, -0.1) is 0 Å². The molecule has 1 aliphatic rings. The molecule has 1 saturated carbocycles. The molecule has 2 rings (SSSR count). The fraction of sp³-hybridized carbons (Fsp3) is 0.588. The minimum atomic E-state index is -0.453. The van der Waals surface area contributed by atoms with Crippen molar-refractivity contribution in [1.82, 2.24) is 5.32 Å². The van der Waals surface area contributed by atoms with Crippen molar-refractivity contribution >= 4 is 5.97 Å². The van der Waals surface area contributed by atoms with E-state index in [0.29, 0.717) is 18.4 Å². The molecule has 0 heterocycles. The van der Waals surface area contributed by atoms with Crippen LogP contribution in [0.25, 0.3) is 0 Å². The molecule has 0 aliphatic heterocycles. The lowest BCUT2D eigenvalue weighted by atomic mass is 9.99. The van der Waals surface area contributed by atoms with Gasteiger partial charge in [-0.3, -0.25) is 5.32 Å². The van der Waals surface area contributed by atoms with Crippen LogP contribution in [0.2, 0.25) is 0 Å². The predicted octanol–water partition coefficient (Wildman–Crippen LogP) is 3.15. The monoisotopic (exact) mass is 291 g/mol. The van der Waals surface area contributed by atoms with E-state index in [1.807, 2.05) is 32.9 Å². The number of rotatable bonds is 5. The number of hydrogen-bond acceptors (Lipinski definition) is 4. The summed E-state index contributed by atoms with van der Waals surface area (Å²) in [6, 6.07) is 3.65. The van der Waals surface area contributed by atoms with Crippen LogP contribution in [0, 0.1) is 13.8 Å². The molecule has 4 nitrogen and oxygen atoms in total. The minimum absolute atomic E-state index is 0.242. The normalized spacial score (nSPS) is 16.9. The Morgan fingerprint density at radius 3 is 2.43 bits per heavy atom. The Morgan fingerprint density at radius 1 is 1.33 bits per heavy atom. The highest BCUT2D eigenvalue weighted by Crippen LogP contribution is 2.28. The fourth-order valence-corrected chi connectivity index (χ4v) is 3.01. The summed E-state index contributed by atoms with van der Waals surface area (Å²) >= 11 is 0. The van der Waals surface area contributed by atoms with Crippen LogP contribution in [0.15, 0.2) is 12.1 Å². The molecular formula is C17H25NO3. The summed E-state index contributed by atoms with van der Waals surface area (Å²) in [7, 11) is 0. The first-order chi connectivity index (χ1) is 10.0. The van der Waals surface area contributed by atoms with Crippen LogP contribution in [0.5, 0.6) is 5.75 Å². The predicted molar refractivity (Wildman–Crippen MR) is 82.3 cm³/mol. The lowest BCUT2D eigenvalue weighted by molar-refractivity contribution is -0.146. The van der Waals surface area contributed by atoms with Gasteiger partial charge in [-0.1, -0.05) is 25.0 Å². The van der Waals surface area contributed by atoms with Crippen LogP contribution in [-0.2, 0) is 9.53 Å². The lowest BCUT2D eigenvalue weighted by Crippen LogP contribution is -2.36. The molecule has 116 valence electrons. The number of benzene rings is 1. The maximum Gasteiger partial charge on any atom is 0.327 e. The van der Waals surface area contributed by atoms with Crippen molar-refractivity contribution in [1.29, 1.82) is 0 Å². The fourth-order valence-electron chi connectivity index (χ4n) is 3.01. The zero-order valence-corrected chi connectivity index (χ0v) is 13.1. The van der Waals surface area contributed by atoms with Gasteiger partial charge in [0.2, 0.25) is 0 Å². The van der Waals surface area contributed by atoms with Crippen LogP contribution in [0.3, 0.4) is 0 Å². The van der Waals surface area contributed by atoms with Crippen molar-refractivity contribution in [3.8, 4) is 5.75 Å². The number of carbonyl (C=O) groups is 1. The molecule has 21 heavy (non-hydrogen) atoms. The van der Waals surface area contributed by atoms with E-state index >= 15 is 0 Å². The van der Waals surface area contributed by atoms with Gasteiger partial charge < -0.3 is 9.84 Å². The molecule has 1 aromatic rings. The number of esters is 1. The number of aromatic hydroxyl groups is 1. The molecule has 0 saturated heterocycles. The first kappa shape index (κ1) is 15.8. The second-order valence-electron chi connectivity index (χ2n) is 5.84. The van der Waals surface area contributed by atoms with Crippen molar-refractivity contribution in [2.45, 2.75) is 58.5 Å². The van der Waals surface area contributed by atoms with Crippen molar-refractivity contribution < 1.29 is 14.6 Å². The molecule has 4 heteroatoms. The summed E-state index contributed by atoms with van der Waals surface area (Å²) in [5.74, 6) is 0.0520. The molecule has 0 bridgehead atoms. The minimum Gasteiger partial charge on any atom is -0.507 e. The average molecular weight is 291 g/mol. The molecule has 1 unspecified atom stereocenters. The van der Waals surface area contributed by atoms with Gasteiger partial charge in [0.1, 0.15) is 11.8 Å². The zero-order chi connectivity index (χ0) is 15.4. The highest BCUT2D eigenvalue weighted by Gasteiger charge is 2.27. The summed E-state index contributed by atoms with van der Waals surface area (Å²) in [5.41, 5.74) is 2.44. The summed E-state index contributed by atoms with van der Waals surface area (Å²) in [5, 5.41) is 13.3. The van der Waals surface area contributed by atoms with Crippen molar-refractivity contribution in [3.63, 3.8) is 0 Å². The Labute approximate surface area is 126 Å². The van der Waals surface area contributed by atoms with Gasteiger partial charge in [0, 0.05) is 6.04 Å². The van der Waals surface area contributed by atoms with Crippen LogP contribution >= 0.6 is 0 Å². The molecule has 0 amide bonds. The molecular weight excluding hydrogens is 266 g/mol. The standard InChI is InChI=1S/C17H25NO3/c1-4-21-17(20)15(18-14-7-5-6-8-14)13-9-11(2)16(19)12(3)10-13/h9-10,14-15,18-19H,4-8H2,1-3H3. The number of phenolic OH excluding ortho intramolecular Hbond substituents is 1. The van der Waals surface area contributed by atoms with Crippen LogP contribution in [0.4, 0.5) is 0 Å². The Kier molecular flexibility index (Phi) is 5.23. The highest BCUT2D eigenvalue weighted by molar-refractivity contribution is 5.78. The largest absolute Gasteiger partial charge is 0.507 e. The number of aryl methyl sites for hydroxylation is 2. The first-order valence-corrected chi connectivity index (χ1v) is 7.75. The Morgan fingerprint density at radius 2 is 1.90 bits per heavy atom. The van der Waals surface area contributed by atoms with Gasteiger partial charge in [-0.05, 0) is 50.3 Å². The maximum absolute atomic E-state index is 12.3. The first-order valence-electron chi connectivity index (χ1n) is 7.75. The summed E-state index contributed by atoms with van der Waals surface area (Å²) in [6.45, 7) is 5.89. The van der Waals surface area contributed by atoms with Crippen molar-refractivity contribution in [2.75, 3.05) is 6.61 Å². The Hall–Kier alpha value is -1.55. The average Bonchev–Trinajstić information content (AvgIpc) is 2.95. The van der Waals surface area contributed by atoms with Crippen molar-refractivity contribution in [2.24, 2.45) is 0 Å². The summed E-state index contributed by atoms with van der Waals surface area (Å²) in [6.07, 6.45) is 4.62. The molecule has 1 aromatic carbocycles. The molecule has 0 aromatic heterocycles. The van der Waals surface area contributed by atoms with Gasteiger partial charge in [-0.2, -0.15) is 0 Å². The lowest BCUT2D eigenvalue weighted by Gasteiger charge is -2.23. The Balaban J connectivity index is 2.27. The van der Waals surface area contributed by atoms with E-state index in [0.717, 1.165) is 29.5 Å². The van der Waals surface area contributed by atoms with Gasteiger partial charge in [0.25, 0.3) is 0 Å². The zero-order valence-electron chi connectivity index (χ0n) is 13.1. The molecule has 0 radical (unpaired) electrons. The number of phenols is 1. The maximum atomic E-state index is 12.3. The number of ether oxygens (including phenoxy) is 1. The van der Waals surface area contributed by atoms with E-state index in [1.165, 1.54) is 12.8 Å². The third kappa shape index (κ3) is 3.76. The summed E-state index contributed by atoms with van der Waals surface area (Å²) < 4.78 is 5.21. The quantitative estimate of drug-likeness (QED) is 0.818. The second kappa shape index (κ2) is 6.94.